The summed E-state index contributed by atoms with van der Waals surface area (Å²) in [5, 5.41) is 1.31. The van der Waals surface area contributed by atoms with Gasteiger partial charge < -0.3 is 4.57 Å². The Bertz CT molecular complexity index is 1200. The SMILES string of the molecule is Cc1cc(C)c(-n2c(-c3cc(C)c(C)c[n+]3C)c(C)c3ccccc32)c(C)c1. The monoisotopic (exact) mass is 369 g/mol. The molecule has 2 heterocycles. The molecule has 0 aliphatic rings. The van der Waals surface area contributed by atoms with Crippen molar-refractivity contribution in [1.82, 2.24) is 4.57 Å². The van der Waals surface area contributed by atoms with E-state index in [-0.39, 0.29) is 0 Å². The van der Waals surface area contributed by atoms with Crippen LogP contribution in [-0.4, -0.2) is 4.57 Å². The van der Waals surface area contributed by atoms with Crippen molar-refractivity contribution in [2.75, 3.05) is 0 Å². The first-order chi connectivity index (χ1) is 13.3. The smallest absolute Gasteiger partial charge is 0.229 e. The Labute approximate surface area is 168 Å². The topological polar surface area (TPSA) is 8.81 Å². The quantitative estimate of drug-likeness (QED) is 0.385. The van der Waals surface area contributed by atoms with Crippen molar-refractivity contribution in [2.45, 2.75) is 41.5 Å². The largest absolute Gasteiger partial charge is 0.303 e. The lowest BCUT2D eigenvalue weighted by Crippen LogP contribution is -2.32. The summed E-state index contributed by atoms with van der Waals surface area (Å²) < 4.78 is 4.73. The molecule has 0 bridgehead atoms. The molecular formula is C26H29N2+. The first-order valence-electron chi connectivity index (χ1n) is 9.95. The second-order valence-corrected chi connectivity index (χ2v) is 8.21. The highest BCUT2D eigenvalue weighted by molar-refractivity contribution is 5.93. The number of benzene rings is 2. The van der Waals surface area contributed by atoms with Gasteiger partial charge in [0.2, 0.25) is 5.69 Å². The van der Waals surface area contributed by atoms with E-state index in [1.807, 2.05) is 0 Å². The van der Waals surface area contributed by atoms with Crippen molar-refractivity contribution in [3.8, 4) is 17.1 Å². The van der Waals surface area contributed by atoms with E-state index in [0.29, 0.717) is 0 Å². The molecule has 0 saturated heterocycles. The van der Waals surface area contributed by atoms with Crippen molar-refractivity contribution in [1.29, 1.82) is 0 Å². The lowest BCUT2D eigenvalue weighted by atomic mass is 10.0. The Kier molecular flexibility index (Phi) is 4.38. The van der Waals surface area contributed by atoms with Crippen LogP contribution in [0, 0.1) is 41.5 Å². The van der Waals surface area contributed by atoms with E-state index in [2.05, 4.69) is 106 Å². The average Bonchev–Trinajstić information content (AvgIpc) is 2.91. The van der Waals surface area contributed by atoms with E-state index < -0.39 is 0 Å². The molecule has 0 radical (unpaired) electrons. The molecule has 0 aliphatic heterocycles. The summed E-state index contributed by atoms with van der Waals surface area (Å²) in [6.45, 7) is 13.3. The molecule has 28 heavy (non-hydrogen) atoms. The minimum Gasteiger partial charge on any atom is -0.303 e. The first-order valence-corrected chi connectivity index (χ1v) is 9.95. The number of rotatable bonds is 2. The second-order valence-electron chi connectivity index (χ2n) is 8.21. The maximum atomic E-state index is 2.47. The molecule has 4 aromatic rings. The first kappa shape index (κ1) is 18.5. The third-order valence-electron chi connectivity index (χ3n) is 5.97. The van der Waals surface area contributed by atoms with Gasteiger partial charge in [-0.05, 0) is 69.9 Å². The summed E-state index contributed by atoms with van der Waals surface area (Å²) >= 11 is 0. The van der Waals surface area contributed by atoms with Crippen LogP contribution in [0.15, 0.2) is 48.7 Å². The zero-order valence-corrected chi connectivity index (χ0v) is 18.0. The molecule has 2 nitrogen and oxygen atoms in total. The average molecular weight is 370 g/mol. The summed E-state index contributed by atoms with van der Waals surface area (Å²) in [7, 11) is 2.15. The number of aryl methyl sites for hydroxylation is 7. The molecule has 4 rings (SSSR count). The zero-order valence-electron chi connectivity index (χ0n) is 18.0. The molecule has 0 aliphatic carbocycles. The summed E-state index contributed by atoms with van der Waals surface area (Å²) in [4.78, 5) is 0. The fourth-order valence-electron chi connectivity index (χ4n) is 4.58. The van der Waals surface area contributed by atoms with Crippen LogP contribution in [0.1, 0.15) is 33.4 Å². The lowest BCUT2D eigenvalue weighted by Gasteiger charge is -2.17. The van der Waals surface area contributed by atoms with Crippen LogP contribution in [0.2, 0.25) is 0 Å². The number of aromatic nitrogens is 2. The molecule has 0 spiro atoms. The predicted molar refractivity (Wildman–Crippen MR) is 118 cm³/mol. The molecule has 2 aromatic heterocycles. The highest BCUT2D eigenvalue weighted by atomic mass is 15.0. The van der Waals surface area contributed by atoms with Crippen LogP contribution in [0.5, 0.6) is 0 Å². The number of fused-ring (bicyclic) bond motifs is 1. The molecule has 2 heteroatoms. The van der Waals surface area contributed by atoms with Crippen molar-refractivity contribution < 1.29 is 4.57 Å². The Morgan fingerprint density at radius 1 is 0.750 bits per heavy atom. The zero-order chi connectivity index (χ0) is 20.2. The van der Waals surface area contributed by atoms with E-state index in [9.17, 15) is 0 Å². The van der Waals surface area contributed by atoms with Gasteiger partial charge in [-0.25, -0.2) is 0 Å². The van der Waals surface area contributed by atoms with Crippen LogP contribution < -0.4 is 4.57 Å². The molecule has 2 aromatic carbocycles. The Morgan fingerprint density at radius 2 is 1.39 bits per heavy atom. The molecule has 142 valence electrons. The molecular weight excluding hydrogens is 340 g/mol. The fraction of sp³-hybridized carbons (Fsp3) is 0.269. The number of nitrogens with zero attached hydrogens (tertiary/aromatic N) is 2. The molecule has 0 atom stereocenters. The van der Waals surface area contributed by atoms with Crippen molar-refractivity contribution >= 4 is 10.9 Å². The fourth-order valence-corrected chi connectivity index (χ4v) is 4.58. The maximum absolute atomic E-state index is 2.47. The van der Waals surface area contributed by atoms with Crippen LogP contribution in [0.3, 0.4) is 0 Å². The molecule has 0 unspecified atom stereocenters. The van der Waals surface area contributed by atoms with Crippen LogP contribution in [-0.2, 0) is 7.05 Å². The van der Waals surface area contributed by atoms with E-state index in [4.69, 9.17) is 0 Å². The lowest BCUT2D eigenvalue weighted by molar-refractivity contribution is -0.661. The minimum atomic E-state index is 1.25. The Hall–Kier alpha value is -2.87. The molecule has 0 N–H and O–H groups in total. The number of hydrogen-bond acceptors (Lipinski definition) is 0. The van der Waals surface area contributed by atoms with Crippen LogP contribution in [0.25, 0.3) is 28.0 Å². The highest BCUT2D eigenvalue weighted by Gasteiger charge is 2.25. The maximum Gasteiger partial charge on any atom is 0.229 e. The predicted octanol–water partition coefficient (Wildman–Crippen LogP) is 5.97. The van der Waals surface area contributed by atoms with Gasteiger partial charge >= 0.3 is 0 Å². The van der Waals surface area contributed by atoms with Crippen molar-refractivity contribution in [3.63, 3.8) is 0 Å². The summed E-state index contributed by atoms with van der Waals surface area (Å²) in [5.41, 5.74) is 13.0. The van der Waals surface area contributed by atoms with Crippen molar-refractivity contribution in [3.05, 3.63) is 82.0 Å². The minimum absolute atomic E-state index is 1.25. The third kappa shape index (κ3) is 2.75. The molecule has 0 fully saturated rings. The van der Waals surface area contributed by atoms with E-state index >= 15 is 0 Å². The Morgan fingerprint density at radius 3 is 2.07 bits per heavy atom. The van der Waals surface area contributed by atoms with E-state index in [0.717, 1.165) is 0 Å². The van der Waals surface area contributed by atoms with Gasteiger partial charge in [0, 0.05) is 17.0 Å². The van der Waals surface area contributed by atoms with Crippen LogP contribution >= 0.6 is 0 Å². The highest BCUT2D eigenvalue weighted by Crippen LogP contribution is 2.37. The van der Waals surface area contributed by atoms with E-state index in [1.54, 1.807) is 0 Å². The van der Waals surface area contributed by atoms with Gasteiger partial charge in [-0.15, -0.1) is 0 Å². The normalized spacial score (nSPS) is 11.4. The standard InChI is InChI=1S/C26H29N2/c1-16-12-18(3)25(19(4)13-16)28-23-11-9-8-10-22(23)21(6)26(28)24-14-17(2)20(5)15-27(24)7/h8-15H,1-7H3/q+1. The van der Waals surface area contributed by atoms with Gasteiger partial charge in [-0.2, -0.15) is 4.57 Å². The third-order valence-corrected chi connectivity index (χ3v) is 5.97. The van der Waals surface area contributed by atoms with Gasteiger partial charge in [0.25, 0.3) is 0 Å². The van der Waals surface area contributed by atoms with Crippen LogP contribution in [0.4, 0.5) is 0 Å². The summed E-state index contributed by atoms with van der Waals surface area (Å²) in [6.07, 6.45) is 2.24. The molecule has 0 amide bonds. The number of hydrogen-bond donors (Lipinski definition) is 0. The van der Waals surface area contributed by atoms with Gasteiger partial charge in [0.1, 0.15) is 12.7 Å². The number of pyridine rings is 1. The number of para-hydroxylation sites is 1. The van der Waals surface area contributed by atoms with Gasteiger partial charge in [-0.1, -0.05) is 35.9 Å². The van der Waals surface area contributed by atoms with Crippen molar-refractivity contribution in [2.24, 2.45) is 7.05 Å². The van der Waals surface area contributed by atoms with E-state index in [1.165, 1.54) is 61.4 Å². The van der Waals surface area contributed by atoms with Gasteiger partial charge in [0.15, 0.2) is 6.20 Å². The van der Waals surface area contributed by atoms with Gasteiger partial charge in [-0.3, -0.25) is 0 Å². The Balaban J connectivity index is 2.19. The molecule has 0 saturated carbocycles. The van der Waals surface area contributed by atoms with Gasteiger partial charge in [0.05, 0.1) is 11.2 Å². The second kappa shape index (κ2) is 6.63. The summed E-state index contributed by atoms with van der Waals surface area (Å²) in [5.74, 6) is 0. The summed E-state index contributed by atoms with van der Waals surface area (Å²) in [6, 6.07) is 15.7.